The lowest BCUT2D eigenvalue weighted by Gasteiger charge is -2.07. The van der Waals surface area contributed by atoms with Gasteiger partial charge in [-0.25, -0.2) is 4.39 Å². The van der Waals surface area contributed by atoms with Gasteiger partial charge in [0.2, 0.25) is 0 Å². The molecule has 0 aliphatic carbocycles. The molecule has 2 N–H and O–H groups in total. The van der Waals surface area contributed by atoms with Crippen molar-refractivity contribution in [2.45, 2.75) is 20.0 Å². The van der Waals surface area contributed by atoms with Gasteiger partial charge in [-0.05, 0) is 24.6 Å². The molecular formula is C13H16FN3O. The summed E-state index contributed by atoms with van der Waals surface area (Å²) in [7, 11) is 1.84. The average Bonchev–Trinajstić information content (AvgIpc) is 2.69. The number of rotatable bonds is 4. The quantitative estimate of drug-likeness (QED) is 0.846. The van der Waals surface area contributed by atoms with Gasteiger partial charge in [0.1, 0.15) is 6.61 Å². The van der Waals surface area contributed by atoms with Crippen LogP contribution in [0.2, 0.25) is 0 Å². The SMILES string of the molecule is CCc1cc(COc2ccc(N)cc2F)n(C)n1. The second-order valence-corrected chi connectivity index (χ2v) is 4.08. The summed E-state index contributed by atoms with van der Waals surface area (Å²) in [5.41, 5.74) is 7.75. The Balaban J connectivity index is 2.08. The molecule has 0 fully saturated rings. The maximum Gasteiger partial charge on any atom is 0.167 e. The van der Waals surface area contributed by atoms with E-state index in [0.717, 1.165) is 17.8 Å². The van der Waals surface area contributed by atoms with Crippen LogP contribution in [0.3, 0.4) is 0 Å². The van der Waals surface area contributed by atoms with Crippen LogP contribution in [0.25, 0.3) is 0 Å². The van der Waals surface area contributed by atoms with Crippen molar-refractivity contribution in [3.8, 4) is 5.75 Å². The van der Waals surface area contributed by atoms with Crippen LogP contribution in [0.5, 0.6) is 5.75 Å². The largest absolute Gasteiger partial charge is 0.484 e. The molecule has 1 aromatic heterocycles. The Hall–Kier alpha value is -2.04. The van der Waals surface area contributed by atoms with Crippen LogP contribution < -0.4 is 10.5 Å². The van der Waals surface area contributed by atoms with Crippen LogP contribution in [0.4, 0.5) is 10.1 Å². The Morgan fingerprint density at radius 1 is 1.39 bits per heavy atom. The maximum atomic E-state index is 13.5. The molecule has 0 bridgehead atoms. The molecular weight excluding hydrogens is 233 g/mol. The van der Waals surface area contributed by atoms with Crippen molar-refractivity contribution in [2.75, 3.05) is 5.73 Å². The monoisotopic (exact) mass is 249 g/mol. The first-order valence-electron chi connectivity index (χ1n) is 5.79. The van der Waals surface area contributed by atoms with Crippen molar-refractivity contribution < 1.29 is 9.13 Å². The number of nitrogens with two attached hydrogens (primary N) is 1. The highest BCUT2D eigenvalue weighted by atomic mass is 19.1. The van der Waals surface area contributed by atoms with Crippen LogP contribution in [-0.4, -0.2) is 9.78 Å². The fourth-order valence-electron chi connectivity index (χ4n) is 1.67. The summed E-state index contributed by atoms with van der Waals surface area (Å²) in [6, 6.07) is 6.34. The lowest BCUT2D eigenvalue weighted by Crippen LogP contribution is -2.04. The van der Waals surface area contributed by atoms with Crippen molar-refractivity contribution in [2.24, 2.45) is 7.05 Å². The van der Waals surface area contributed by atoms with E-state index in [1.807, 2.05) is 20.0 Å². The van der Waals surface area contributed by atoms with Gasteiger partial charge < -0.3 is 10.5 Å². The number of hydrogen-bond donors (Lipinski definition) is 1. The van der Waals surface area contributed by atoms with Crippen LogP contribution in [0.1, 0.15) is 18.3 Å². The summed E-state index contributed by atoms with van der Waals surface area (Å²) in [6.45, 7) is 2.32. The van der Waals surface area contributed by atoms with Gasteiger partial charge in [-0.3, -0.25) is 4.68 Å². The highest BCUT2D eigenvalue weighted by Gasteiger charge is 2.07. The second-order valence-electron chi connectivity index (χ2n) is 4.08. The number of hydrogen-bond acceptors (Lipinski definition) is 3. The number of benzene rings is 1. The molecule has 4 nitrogen and oxygen atoms in total. The molecule has 1 aromatic carbocycles. The first-order valence-corrected chi connectivity index (χ1v) is 5.79. The summed E-state index contributed by atoms with van der Waals surface area (Å²) in [5.74, 6) is -0.253. The molecule has 0 aliphatic heterocycles. The zero-order valence-electron chi connectivity index (χ0n) is 10.5. The minimum Gasteiger partial charge on any atom is -0.484 e. The summed E-state index contributed by atoms with van der Waals surface area (Å²) < 4.78 is 20.7. The molecule has 5 heteroatoms. The second kappa shape index (κ2) is 5.08. The molecule has 0 unspecified atom stereocenters. The topological polar surface area (TPSA) is 53.1 Å². The number of aromatic nitrogens is 2. The molecule has 18 heavy (non-hydrogen) atoms. The van der Waals surface area contributed by atoms with E-state index in [4.69, 9.17) is 10.5 Å². The van der Waals surface area contributed by atoms with E-state index < -0.39 is 5.82 Å². The maximum absolute atomic E-state index is 13.5. The van der Waals surface area contributed by atoms with E-state index >= 15 is 0 Å². The zero-order chi connectivity index (χ0) is 13.1. The predicted molar refractivity (Wildman–Crippen MR) is 67.7 cm³/mol. The highest BCUT2D eigenvalue weighted by Crippen LogP contribution is 2.20. The van der Waals surface area contributed by atoms with Gasteiger partial charge in [-0.2, -0.15) is 5.10 Å². The third-order valence-corrected chi connectivity index (χ3v) is 2.72. The van der Waals surface area contributed by atoms with Crippen molar-refractivity contribution in [3.05, 3.63) is 41.5 Å². The van der Waals surface area contributed by atoms with Gasteiger partial charge in [0, 0.05) is 18.8 Å². The van der Waals surface area contributed by atoms with Crippen LogP contribution in [0.15, 0.2) is 24.3 Å². The normalized spacial score (nSPS) is 10.6. The van der Waals surface area contributed by atoms with E-state index in [1.54, 1.807) is 10.7 Å². The fourth-order valence-corrected chi connectivity index (χ4v) is 1.67. The Morgan fingerprint density at radius 2 is 2.17 bits per heavy atom. The predicted octanol–water partition coefficient (Wildman–Crippen LogP) is 2.28. The Kier molecular flexibility index (Phi) is 3.50. The minimum absolute atomic E-state index is 0.198. The average molecular weight is 249 g/mol. The van der Waals surface area contributed by atoms with Gasteiger partial charge in [0.05, 0.1) is 11.4 Å². The summed E-state index contributed by atoms with van der Waals surface area (Å²) in [6.07, 6.45) is 0.865. The third kappa shape index (κ3) is 2.61. The first kappa shape index (κ1) is 12.4. The molecule has 1 heterocycles. The van der Waals surface area contributed by atoms with Crippen LogP contribution in [-0.2, 0) is 20.1 Å². The number of aryl methyl sites for hydroxylation is 2. The Morgan fingerprint density at radius 3 is 2.78 bits per heavy atom. The fraction of sp³-hybridized carbons (Fsp3) is 0.308. The van der Waals surface area contributed by atoms with Gasteiger partial charge in [0.25, 0.3) is 0 Å². The minimum atomic E-state index is -0.451. The first-order chi connectivity index (χ1) is 8.60. The van der Waals surface area contributed by atoms with Crippen LogP contribution in [0, 0.1) is 5.82 Å². The molecule has 0 atom stereocenters. The van der Waals surface area contributed by atoms with E-state index in [1.165, 1.54) is 12.1 Å². The van der Waals surface area contributed by atoms with Gasteiger partial charge in [0.15, 0.2) is 11.6 Å². The molecule has 0 spiro atoms. The lowest BCUT2D eigenvalue weighted by atomic mass is 10.3. The zero-order valence-corrected chi connectivity index (χ0v) is 10.5. The number of anilines is 1. The summed E-state index contributed by atoms with van der Waals surface area (Å²) >= 11 is 0. The van der Waals surface area contributed by atoms with E-state index in [2.05, 4.69) is 5.10 Å². The Labute approximate surface area is 105 Å². The third-order valence-electron chi connectivity index (χ3n) is 2.72. The molecule has 0 radical (unpaired) electrons. The van der Waals surface area contributed by atoms with Crippen molar-refractivity contribution in [1.82, 2.24) is 9.78 Å². The number of nitrogen functional groups attached to an aromatic ring is 1. The number of halogens is 1. The van der Waals surface area contributed by atoms with Crippen molar-refractivity contribution >= 4 is 5.69 Å². The molecule has 2 rings (SSSR count). The van der Waals surface area contributed by atoms with E-state index in [9.17, 15) is 4.39 Å². The lowest BCUT2D eigenvalue weighted by molar-refractivity contribution is 0.280. The molecule has 96 valence electrons. The molecule has 0 saturated heterocycles. The van der Waals surface area contributed by atoms with Gasteiger partial charge in [-0.15, -0.1) is 0 Å². The summed E-state index contributed by atoms with van der Waals surface area (Å²) in [4.78, 5) is 0. The van der Waals surface area contributed by atoms with Crippen molar-refractivity contribution in [3.63, 3.8) is 0 Å². The number of nitrogens with zero attached hydrogens (tertiary/aromatic N) is 2. The van der Waals surface area contributed by atoms with E-state index in [-0.39, 0.29) is 12.4 Å². The molecule has 0 amide bonds. The standard InChI is InChI=1S/C13H16FN3O/c1-3-10-7-11(17(2)16-10)8-18-13-5-4-9(15)6-12(13)14/h4-7H,3,8,15H2,1-2H3. The molecule has 0 saturated carbocycles. The Bertz CT molecular complexity index is 551. The molecule has 0 aliphatic rings. The highest BCUT2D eigenvalue weighted by molar-refractivity contribution is 5.42. The van der Waals surface area contributed by atoms with Crippen molar-refractivity contribution in [1.29, 1.82) is 0 Å². The van der Waals surface area contributed by atoms with Crippen LogP contribution >= 0.6 is 0 Å². The summed E-state index contributed by atoms with van der Waals surface area (Å²) in [5, 5.41) is 4.30. The number of ether oxygens (including phenoxy) is 1. The van der Waals surface area contributed by atoms with E-state index in [0.29, 0.717) is 5.69 Å². The van der Waals surface area contributed by atoms with Gasteiger partial charge >= 0.3 is 0 Å². The van der Waals surface area contributed by atoms with Gasteiger partial charge in [-0.1, -0.05) is 6.92 Å². The smallest absolute Gasteiger partial charge is 0.167 e. The molecule has 2 aromatic rings.